The Hall–Kier alpha value is -3.66. The van der Waals surface area contributed by atoms with Crippen LogP contribution < -0.4 is 10.2 Å². The molecule has 2 radical (unpaired) electrons. The van der Waals surface area contributed by atoms with E-state index in [0.717, 1.165) is 31.6 Å². The Morgan fingerprint density at radius 2 is 1.77 bits per heavy atom. The average Bonchev–Trinajstić information content (AvgIpc) is 2.96. The molecule has 1 heterocycles. The lowest BCUT2D eigenvalue weighted by molar-refractivity contribution is 0.0365. The highest BCUT2D eigenvalue weighted by atomic mass is 35.5. The van der Waals surface area contributed by atoms with Crippen LogP contribution in [0.5, 0.6) is 0 Å². The lowest BCUT2D eigenvalue weighted by atomic mass is 10.1. The van der Waals surface area contributed by atoms with Crippen molar-refractivity contribution in [1.29, 1.82) is 0 Å². The SMILES string of the molecule is [CH]c1ccc(CN(CCCN2CCOCC2)C(=O)N(c2ccc(F)c(Cl)c2)c2ccccc2NC(=O)OC(C)(C)C)cc1. The standard InChI is InChI=1S/C33H38ClFN4O4/c1-24-10-12-25(13-11-24)23-38(17-7-16-37-18-20-42-21-19-37)32(41)39(26-14-15-28(35)27(34)22-26)30-9-6-5-8-29(30)36-31(40)43-33(2,3)4/h1,5-6,8-15,22H,7,16-21,23H2,2-4H3,(H,36,40). The maximum atomic E-state index is 14.6. The lowest BCUT2D eigenvalue weighted by Gasteiger charge is -2.33. The van der Waals surface area contributed by atoms with Gasteiger partial charge in [-0.25, -0.2) is 14.0 Å². The lowest BCUT2D eigenvalue weighted by Crippen LogP contribution is -2.43. The first-order valence-corrected chi connectivity index (χ1v) is 14.7. The number of carbonyl (C=O) groups is 2. The fourth-order valence-electron chi connectivity index (χ4n) is 4.70. The fraction of sp³-hybridized carbons (Fsp3) is 0.364. The van der Waals surface area contributed by atoms with E-state index in [2.05, 4.69) is 10.2 Å². The van der Waals surface area contributed by atoms with E-state index in [4.69, 9.17) is 28.0 Å². The Bertz CT molecular complexity index is 1390. The molecule has 1 saturated heterocycles. The van der Waals surface area contributed by atoms with Crippen molar-refractivity contribution in [2.45, 2.75) is 39.3 Å². The molecule has 0 aliphatic carbocycles. The van der Waals surface area contributed by atoms with Crippen molar-refractivity contribution in [3.8, 4) is 0 Å². The van der Waals surface area contributed by atoms with E-state index in [0.29, 0.717) is 48.9 Å². The largest absolute Gasteiger partial charge is 0.444 e. The topological polar surface area (TPSA) is 74.4 Å². The summed E-state index contributed by atoms with van der Waals surface area (Å²) in [4.78, 5) is 32.8. The maximum absolute atomic E-state index is 14.6. The van der Waals surface area contributed by atoms with Crippen molar-refractivity contribution in [3.63, 3.8) is 0 Å². The molecule has 0 atom stereocenters. The molecule has 0 bridgehead atoms. The highest BCUT2D eigenvalue weighted by Crippen LogP contribution is 2.35. The molecule has 3 aromatic carbocycles. The Morgan fingerprint density at radius 1 is 1.07 bits per heavy atom. The van der Waals surface area contributed by atoms with Crippen LogP contribution in [-0.2, 0) is 16.0 Å². The van der Waals surface area contributed by atoms with Crippen LogP contribution in [0.3, 0.4) is 0 Å². The second-order valence-corrected chi connectivity index (χ2v) is 11.7. The van der Waals surface area contributed by atoms with Crippen molar-refractivity contribution >= 4 is 40.8 Å². The van der Waals surface area contributed by atoms with Gasteiger partial charge < -0.3 is 14.4 Å². The predicted octanol–water partition coefficient (Wildman–Crippen LogP) is 7.37. The van der Waals surface area contributed by atoms with E-state index in [-0.39, 0.29) is 11.1 Å². The van der Waals surface area contributed by atoms with Crippen molar-refractivity contribution < 1.29 is 23.5 Å². The fourth-order valence-corrected chi connectivity index (χ4v) is 4.88. The van der Waals surface area contributed by atoms with E-state index >= 15 is 0 Å². The number of halogens is 2. The van der Waals surface area contributed by atoms with Gasteiger partial charge in [-0.05, 0) is 75.6 Å². The minimum Gasteiger partial charge on any atom is -0.444 e. The highest BCUT2D eigenvalue weighted by Gasteiger charge is 2.28. The molecule has 43 heavy (non-hydrogen) atoms. The third-order valence-electron chi connectivity index (χ3n) is 6.76. The van der Waals surface area contributed by atoms with Crippen molar-refractivity contribution in [2.75, 3.05) is 49.6 Å². The number of rotatable bonds is 9. The van der Waals surface area contributed by atoms with Crippen molar-refractivity contribution in [2.24, 2.45) is 0 Å². The molecule has 1 aliphatic rings. The van der Waals surface area contributed by atoms with E-state index < -0.39 is 17.5 Å². The number of ether oxygens (including phenoxy) is 2. The summed E-state index contributed by atoms with van der Waals surface area (Å²) >= 11 is 6.20. The Kier molecular flexibility index (Phi) is 11.0. The van der Waals surface area contributed by atoms with E-state index in [1.165, 1.54) is 23.1 Å². The average molecular weight is 609 g/mol. The van der Waals surface area contributed by atoms with Crippen LogP contribution in [0.25, 0.3) is 0 Å². The molecule has 0 spiro atoms. The molecule has 0 saturated carbocycles. The smallest absolute Gasteiger partial charge is 0.412 e. The third kappa shape index (κ3) is 9.41. The predicted molar refractivity (Wildman–Crippen MR) is 167 cm³/mol. The summed E-state index contributed by atoms with van der Waals surface area (Å²) in [7, 11) is 0. The second kappa shape index (κ2) is 14.7. The van der Waals surface area contributed by atoms with E-state index in [1.807, 2.05) is 12.1 Å². The molecular weight excluding hydrogens is 571 g/mol. The molecule has 8 nitrogen and oxygen atoms in total. The summed E-state index contributed by atoms with van der Waals surface area (Å²) < 4.78 is 25.2. The molecule has 228 valence electrons. The summed E-state index contributed by atoms with van der Waals surface area (Å²) in [5.74, 6) is -0.609. The van der Waals surface area contributed by atoms with Gasteiger partial charge in [0.2, 0.25) is 0 Å². The van der Waals surface area contributed by atoms with Gasteiger partial charge in [0.25, 0.3) is 0 Å². The monoisotopic (exact) mass is 608 g/mol. The van der Waals surface area contributed by atoms with Crippen LogP contribution in [0, 0.1) is 12.7 Å². The number of para-hydroxylation sites is 2. The van der Waals surface area contributed by atoms with Gasteiger partial charge in [-0.15, -0.1) is 0 Å². The van der Waals surface area contributed by atoms with Crippen LogP contribution in [0.2, 0.25) is 5.02 Å². The van der Waals surface area contributed by atoms with Crippen LogP contribution >= 0.6 is 11.6 Å². The van der Waals surface area contributed by atoms with Gasteiger partial charge in [0, 0.05) is 32.7 Å². The molecule has 0 unspecified atom stereocenters. The van der Waals surface area contributed by atoms with Crippen LogP contribution in [0.4, 0.5) is 31.0 Å². The number of hydrogen-bond donors (Lipinski definition) is 1. The van der Waals surface area contributed by atoms with Crippen LogP contribution in [0.15, 0.2) is 66.7 Å². The first-order chi connectivity index (χ1) is 20.5. The number of amides is 3. The zero-order chi connectivity index (χ0) is 31.0. The van der Waals surface area contributed by atoms with Gasteiger partial charge in [0.05, 0.1) is 35.3 Å². The van der Waals surface area contributed by atoms with Crippen LogP contribution in [-0.4, -0.2) is 66.9 Å². The molecule has 1 fully saturated rings. The molecule has 1 N–H and O–H groups in total. The summed E-state index contributed by atoms with van der Waals surface area (Å²) in [5, 5.41) is 2.63. The number of hydrogen-bond acceptors (Lipinski definition) is 5. The zero-order valence-corrected chi connectivity index (χ0v) is 25.6. The molecule has 10 heteroatoms. The number of nitrogens with zero attached hydrogens (tertiary/aromatic N) is 3. The molecule has 4 rings (SSSR count). The second-order valence-electron chi connectivity index (χ2n) is 11.3. The maximum Gasteiger partial charge on any atom is 0.412 e. The van der Waals surface area contributed by atoms with Gasteiger partial charge in [-0.2, -0.15) is 0 Å². The van der Waals surface area contributed by atoms with Crippen molar-refractivity contribution in [3.05, 3.63) is 95.6 Å². The molecule has 3 amide bonds. The first-order valence-electron chi connectivity index (χ1n) is 14.3. The summed E-state index contributed by atoms with van der Waals surface area (Å²) in [6.07, 6.45) is 0.0463. The minimum atomic E-state index is -0.727. The summed E-state index contributed by atoms with van der Waals surface area (Å²) in [5.41, 5.74) is 1.84. The first kappa shape index (κ1) is 32.3. The van der Waals surface area contributed by atoms with Gasteiger partial charge >= 0.3 is 12.1 Å². The number of nitrogens with one attached hydrogen (secondary N) is 1. The van der Waals surface area contributed by atoms with Gasteiger partial charge in [0.1, 0.15) is 11.4 Å². The van der Waals surface area contributed by atoms with Gasteiger partial charge in [-0.1, -0.05) is 48.0 Å². The number of carbonyl (C=O) groups excluding carboxylic acids is 2. The quantitative estimate of drug-likeness (QED) is 0.275. The zero-order valence-electron chi connectivity index (χ0n) is 24.8. The summed E-state index contributed by atoms with van der Waals surface area (Å²) in [6.45, 7) is 15.8. The third-order valence-corrected chi connectivity index (χ3v) is 7.05. The number of anilines is 3. The normalized spacial score (nSPS) is 13.8. The molecule has 0 aromatic heterocycles. The van der Waals surface area contributed by atoms with Gasteiger partial charge in [-0.3, -0.25) is 15.1 Å². The Morgan fingerprint density at radius 3 is 2.44 bits per heavy atom. The van der Waals surface area contributed by atoms with E-state index in [1.54, 1.807) is 62.1 Å². The number of urea groups is 1. The highest BCUT2D eigenvalue weighted by molar-refractivity contribution is 6.31. The number of morpholine rings is 1. The molecular formula is C33H38ClFN4O4. The molecule has 1 aliphatic heterocycles. The molecule has 3 aromatic rings. The number of benzene rings is 3. The van der Waals surface area contributed by atoms with Crippen LogP contribution in [0.1, 0.15) is 38.3 Å². The van der Waals surface area contributed by atoms with E-state index in [9.17, 15) is 14.0 Å². The summed E-state index contributed by atoms with van der Waals surface area (Å²) in [6, 6.07) is 18.0. The van der Waals surface area contributed by atoms with Gasteiger partial charge in [0.15, 0.2) is 0 Å². The minimum absolute atomic E-state index is 0.134. The Labute approximate surface area is 258 Å². The van der Waals surface area contributed by atoms with Crippen molar-refractivity contribution in [1.82, 2.24) is 9.80 Å². The Balaban J connectivity index is 1.70.